The first-order valence-electron chi connectivity index (χ1n) is 4.99. The number of rotatable bonds is 7. The van der Waals surface area contributed by atoms with Crippen LogP contribution >= 0.6 is 0 Å². The lowest BCUT2D eigenvalue weighted by Crippen LogP contribution is -2.34. The average Bonchev–Trinajstić information content (AvgIpc) is 2.15. The first-order valence-corrected chi connectivity index (χ1v) is 4.99. The number of amides is 1. The van der Waals surface area contributed by atoms with Crippen molar-refractivity contribution in [2.24, 2.45) is 11.8 Å². The fourth-order valence-corrected chi connectivity index (χ4v) is 1.10. The van der Waals surface area contributed by atoms with Crippen molar-refractivity contribution in [2.75, 3.05) is 26.9 Å². The molecule has 0 rings (SSSR count). The van der Waals surface area contributed by atoms with E-state index in [1.54, 1.807) is 7.11 Å². The lowest BCUT2D eigenvalue weighted by atomic mass is 10.1. The van der Waals surface area contributed by atoms with E-state index >= 15 is 0 Å². The summed E-state index contributed by atoms with van der Waals surface area (Å²) in [7, 11) is 1.58. The molecule has 0 aromatic heterocycles. The zero-order chi connectivity index (χ0) is 11.0. The number of ether oxygens (including phenoxy) is 1. The summed E-state index contributed by atoms with van der Waals surface area (Å²) in [6, 6.07) is 0. The second kappa shape index (κ2) is 7.76. The highest BCUT2D eigenvalue weighted by Crippen LogP contribution is 2.00. The number of aliphatic hydroxyl groups is 1. The Morgan fingerprint density at radius 1 is 1.50 bits per heavy atom. The minimum Gasteiger partial charge on any atom is -0.396 e. The van der Waals surface area contributed by atoms with Gasteiger partial charge in [0.05, 0.1) is 12.5 Å². The van der Waals surface area contributed by atoms with Crippen molar-refractivity contribution >= 4 is 5.91 Å². The monoisotopic (exact) mass is 203 g/mol. The van der Waals surface area contributed by atoms with Crippen LogP contribution < -0.4 is 5.32 Å². The van der Waals surface area contributed by atoms with Crippen LogP contribution in [-0.2, 0) is 9.53 Å². The summed E-state index contributed by atoms with van der Waals surface area (Å²) in [4.78, 5) is 11.4. The Morgan fingerprint density at radius 3 is 2.64 bits per heavy atom. The molecule has 0 aliphatic rings. The summed E-state index contributed by atoms with van der Waals surface area (Å²) >= 11 is 0. The van der Waals surface area contributed by atoms with Gasteiger partial charge in [-0.2, -0.15) is 0 Å². The molecule has 0 fully saturated rings. The highest BCUT2D eigenvalue weighted by molar-refractivity contribution is 5.78. The maximum Gasteiger partial charge on any atom is 0.225 e. The Bertz CT molecular complexity index is 161. The van der Waals surface area contributed by atoms with Gasteiger partial charge in [-0.1, -0.05) is 13.8 Å². The van der Waals surface area contributed by atoms with E-state index in [1.807, 2.05) is 13.8 Å². The van der Waals surface area contributed by atoms with E-state index in [9.17, 15) is 4.79 Å². The van der Waals surface area contributed by atoms with Gasteiger partial charge < -0.3 is 15.2 Å². The highest BCUT2D eigenvalue weighted by Gasteiger charge is 2.12. The Labute approximate surface area is 85.6 Å². The standard InChI is InChI=1S/C10H21NO3/c1-8(4-5-12)6-11-10(13)9(2)7-14-3/h8-9,12H,4-7H2,1-3H3,(H,11,13). The smallest absolute Gasteiger partial charge is 0.225 e. The molecule has 0 aromatic carbocycles. The number of hydrogen-bond donors (Lipinski definition) is 2. The SMILES string of the molecule is COCC(C)C(=O)NCC(C)CCO. The fraction of sp³-hybridized carbons (Fsp3) is 0.900. The van der Waals surface area contributed by atoms with Crippen molar-refractivity contribution in [2.45, 2.75) is 20.3 Å². The van der Waals surface area contributed by atoms with Crippen LogP contribution in [0.1, 0.15) is 20.3 Å². The van der Waals surface area contributed by atoms with Crippen LogP contribution in [0.5, 0.6) is 0 Å². The van der Waals surface area contributed by atoms with E-state index in [-0.39, 0.29) is 18.4 Å². The van der Waals surface area contributed by atoms with E-state index in [2.05, 4.69) is 5.32 Å². The molecule has 0 saturated heterocycles. The maximum atomic E-state index is 11.4. The third-order valence-electron chi connectivity index (χ3n) is 2.11. The molecule has 1 amide bonds. The van der Waals surface area contributed by atoms with E-state index < -0.39 is 0 Å². The Kier molecular flexibility index (Phi) is 7.42. The molecule has 0 saturated carbocycles. The van der Waals surface area contributed by atoms with E-state index in [4.69, 9.17) is 9.84 Å². The second-order valence-electron chi connectivity index (χ2n) is 3.72. The maximum absolute atomic E-state index is 11.4. The van der Waals surface area contributed by atoms with Crippen LogP contribution in [0.3, 0.4) is 0 Å². The van der Waals surface area contributed by atoms with Crippen LogP contribution in [0.15, 0.2) is 0 Å². The molecular formula is C10H21NO3. The average molecular weight is 203 g/mol. The summed E-state index contributed by atoms with van der Waals surface area (Å²) in [5.41, 5.74) is 0. The van der Waals surface area contributed by atoms with Crippen LogP contribution in [0, 0.1) is 11.8 Å². The van der Waals surface area contributed by atoms with Crippen LogP contribution in [0.2, 0.25) is 0 Å². The van der Waals surface area contributed by atoms with Crippen molar-refractivity contribution in [3.05, 3.63) is 0 Å². The number of carbonyl (C=O) groups is 1. The number of hydrogen-bond acceptors (Lipinski definition) is 3. The number of aliphatic hydroxyl groups excluding tert-OH is 1. The van der Waals surface area contributed by atoms with E-state index in [0.717, 1.165) is 6.42 Å². The van der Waals surface area contributed by atoms with Gasteiger partial charge in [-0.3, -0.25) is 4.79 Å². The lowest BCUT2D eigenvalue weighted by molar-refractivity contribution is -0.126. The molecule has 0 aliphatic heterocycles. The molecule has 0 heterocycles. The lowest BCUT2D eigenvalue weighted by Gasteiger charge is -2.14. The minimum atomic E-state index is -0.110. The van der Waals surface area contributed by atoms with Crippen LogP contribution in [0.25, 0.3) is 0 Å². The predicted molar refractivity (Wildman–Crippen MR) is 54.9 cm³/mol. The van der Waals surface area contributed by atoms with Gasteiger partial charge in [0.25, 0.3) is 0 Å². The Hall–Kier alpha value is -0.610. The van der Waals surface area contributed by atoms with Crippen molar-refractivity contribution in [1.29, 1.82) is 0 Å². The summed E-state index contributed by atoms with van der Waals surface area (Å²) in [6.45, 7) is 5.06. The molecule has 2 unspecified atom stereocenters. The molecule has 4 heteroatoms. The molecule has 14 heavy (non-hydrogen) atoms. The van der Waals surface area contributed by atoms with Crippen molar-refractivity contribution < 1.29 is 14.6 Å². The first-order chi connectivity index (χ1) is 6.61. The Balaban J connectivity index is 3.61. The number of nitrogens with one attached hydrogen (secondary N) is 1. The number of carbonyl (C=O) groups excluding carboxylic acids is 1. The zero-order valence-corrected chi connectivity index (χ0v) is 9.25. The summed E-state index contributed by atoms with van der Waals surface area (Å²) in [5.74, 6) is 0.219. The van der Waals surface area contributed by atoms with Gasteiger partial charge in [0, 0.05) is 20.3 Å². The minimum absolute atomic E-state index is 0.0108. The van der Waals surface area contributed by atoms with Gasteiger partial charge in [0.1, 0.15) is 0 Å². The molecule has 0 radical (unpaired) electrons. The molecule has 0 aromatic rings. The van der Waals surface area contributed by atoms with Crippen LogP contribution in [-0.4, -0.2) is 37.9 Å². The zero-order valence-electron chi connectivity index (χ0n) is 9.25. The van der Waals surface area contributed by atoms with Gasteiger partial charge in [-0.25, -0.2) is 0 Å². The first kappa shape index (κ1) is 13.4. The van der Waals surface area contributed by atoms with Gasteiger partial charge in [0.2, 0.25) is 5.91 Å². The molecule has 4 nitrogen and oxygen atoms in total. The van der Waals surface area contributed by atoms with Gasteiger partial charge >= 0.3 is 0 Å². The molecule has 84 valence electrons. The summed E-state index contributed by atoms with van der Waals surface area (Å²) < 4.78 is 4.88. The van der Waals surface area contributed by atoms with Gasteiger partial charge in [0.15, 0.2) is 0 Å². The number of methoxy groups -OCH3 is 1. The van der Waals surface area contributed by atoms with Crippen LogP contribution in [0.4, 0.5) is 0 Å². The van der Waals surface area contributed by atoms with Crippen molar-refractivity contribution in [3.8, 4) is 0 Å². The Morgan fingerprint density at radius 2 is 2.14 bits per heavy atom. The topological polar surface area (TPSA) is 58.6 Å². The quantitative estimate of drug-likeness (QED) is 0.630. The van der Waals surface area contributed by atoms with Gasteiger partial charge in [-0.05, 0) is 12.3 Å². The van der Waals surface area contributed by atoms with E-state index in [1.165, 1.54) is 0 Å². The summed E-state index contributed by atoms with van der Waals surface area (Å²) in [5, 5.41) is 11.5. The second-order valence-corrected chi connectivity index (χ2v) is 3.72. The van der Waals surface area contributed by atoms with Gasteiger partial charge in [-0.15, -0.1) is 0 Å². The molecule has 0 aliphatic carbocycles. The molecule has 0 bridgehead atoms. The highest BCUT2D eigenvalue weighted by atomic mass is 16.5. The third-order valence-corrected chi connectivity index (χ3v) is 2.11. The molecule has 0 spiro atoms. The molecular weight excluding hydrogens is 182 g/mol. The van der Waals surface area contributed by atoms with E-state index in [0.29, 0.717) is 19.1 Å². The predicted octanol–water partition coefficient (Wildman–Crippen LogP) is 0.404. The normalized spacial score (nSPS) is 14.9. The molecule has 2 atom stereocenters. The fourth-order valence-electron chi connectivity index (χ4n) is 1.10. The summed E-state index contributed by atoms with van der Waals surface area (Å²) in [6.07, 6.45) is 0.721. The third kappa shape index (κ3) is 5.94. The molecule has 2 N–H and O–H groups in total. The van der Waals surface area contributed by atoms with Crippen molar-refractivity contribution in [3.63, 3.8) is 0 Å². The van der Waals surface area contributed by atoms with Crippen molar-refractivity contribution in [1.82, 2.24) is 5.32 Å². The largest absolute Gasteiger partial charge is 0.396 e.